The van der Waals surface area contributed by atoms with Gasteiger partial charge in [-0.3, -0.25) is 0 Å². The number of rotatable bonds is 1. The molecule has 0 heterocycles. The summed E-state index contributed by atoms with van der Waals surface area (Å²) >= 11 is 5.98. The smallest absolute Gasteiger partial charge is 0.425 e. The van der Waals surface area contributed by atoms with Gasteiger partial charge in [-0.25, -0.2) is 4.79 Å². The van der Waals surface area contributed by atoms with Crippen LogP contribution in [0.2, 0.25) is 5.02 Å². The number of halogens is 4. The monoisotopic (exact) mass is 328 g/mol. The van der Waals surface area contributed by atoms with Gasteiger partial charge in [-0.15, -0.1) is 0 Å². The number of aliphatic hydroxyl groups is 1. The molecule has 1 unspecified atom stereocenters. The summed E-state index contributed by atoms with van der Waals surface area (Å²) in [6.45, 7) is 0. The van der Waals surface area contributed by atoms with Gasteiger partial charge in [-0.2, -0.15) is 13.2 Å². The van der Waals surface area contributed by atoms with E-state index >= 15 is 0 Å². The Kier molecular flexibility index (Phi) is 3.02. The molecule has 2 aromatic rings. The Morgan fingerprint density at radius 2 is 1.77 bits per heavy atom. The predicted molar refractivity (Wildman–Crippen MR) is 72.9 cm³/mol. The Morgan fingerprint density at radius 1 is 1.14 bits per heavy atom. The van der Waals surface area contributed by atoms with Gasteiger partial charge in [0.2, 0.25) is 5.60 Å². The van der Waals surface area contributed by atoms with E-state index in [4.69, 9.17) is 16.7 Å². The van der Waals surface area contributed by atoms with Crippen LogP contribution in [-0.2, 0) is 5.60 Å². The zero-order valence-corrected chi connectivity index (χ0v) is 11.5. The van der Waals surface area contributed by atoms with E-state index in [1.807, 2.05) is 0 Å². The van der Waals surface area contributed by atoms with Crippen molar-refractivity contribution in [2.45, 2.75) is 11.8 Å². The first-order valence-corrected chi connectivity index (χ1v) is 6.52. The molecule has 3 nitrogen and oxygen atoms in total. The van der Waals surface area contributed by atoms with Crippen LogP contribution >= 0.6 is 11.6 Å². The van der Waals surface area contributed by atoms with E-state index in [9.17, 15) is 23.1 Å². The number of fused-ring (bicyclic) bond motifs is 3. The summed E-state index contributed by atoms with van der Waals surface area (Å²) in [6.07, 6.45) is -5.02. The first-order chi connectivity index (χ1) is 10.2. The predicted octanol–water partition coefficient (Wildman–Crippen LogP) is 3.82. The van der Waals surface area contributed by atoms with Crippen LogP contribution in [0.3, 0.4) is 0 Å². The second kappa shape index (κ2) is 4.47. The molecule has 2 aromatic carbocycles. The third-order valence-electron chi connectivity index (χ3n) is 3.72. The highest BCUT2D eigenvalue weighted by atomic mass is 35.5. The molecule has 7 heteroatoms. The fraction of sp³-hybridized carbons (Fsp3) is 0.133. The SMILES string of the molecule is O=C(O)c1cc(Cl)c2c(c1)C(O)(C(F)(F)F)c1ccccc1-2. The van der Waals surface area contributed by atoms with Crippen LogP contribution in [0.1, 0.15) is 21.5 Å². The van der Waals surface area contributed by atoms with Crippen molar-refractivity contribution in [1.29, 1.82) is 0 Å². The van der Waals surface area contributed by atoms with E-state index in [1.165, 1.54) is 18.2 Å². The first kappa shape index (κ1) is 14.9. The highest BCUT2D eigenvalue weighted by molar-refractivity contribution is 6.34. The van der Waals surface area contributed by atoms with Crippen molar-refractivity contribution in [3.8, 4) is 11.1 Å². The zero-order valence-electron chi connectivity index (χ0n) is 10.8. The molecule has 0 bridgehead atoms. The molecule has 0 spiro atoms. The standard InChI is InChI=1S/C15H8ClF3O3/c16-11-6-7(13(20)21)5-10-12(11)8-3-1-2-4-9(8)14(10,22)15(17,18)19/h1-6,22H,(H,20,21). The highest BCUT2D eigenvalue weighted by Crippen LogP contribution is 2.56. The Labute approximate surface area is 127 Å². The average molecular weight is 329 g/mol. The maximum Gasteiger partial charge on any atom is 0.425 e. The van der Waals surface area contributed by atoms with Crippen LogP contribution in [0.4, 0.5) is 13.2 Å². The highest BCUT2D eigenvalue weighted by Gasteiger charge is 2.61. The summed E-state index contributed by atoms with van der Waals surface area (Å²) in [5.41, 5.74) is -4.48. The molecular weight excluding hydrogens is 321 g/mol. The quantitative estimate of drug-likeness (QED) is 0.836. The minimum Gasteiger partial charge on any atom is -0.478 e. The molecule has 2 N–H and O–H groups in total. The summed E-state index contributed by atoms with van der Waals surface area (Å²) in [5.74, 6) is -1.43. The van der Waals surface area contributed by atoms with Gasteiger partial charge in [-0.05, 0) is 17.7 Å². The topological polar surface area (TPSA) is 57.5 Å². The van der Waals surface area contributed by atoms with Crippen molar-refractivity contribution in [2.75, 3.05) is 0 Å². The van der Waals surface area contributed by atoms with Crippen LogP contribution in [0, 0.1) is 0 Å². The molecule has 1 atom stereocenters. The average Bonchev–Trinajstić information content (AvgIpc) is 2.70. The Morgan fingerprint density at radius 3 is 2.36 bits per heavy atom. The number of alkyl halides is 3. The first-order valence-electron chi connectivity index (χ1n) is 6.14. The molecular formula is C15H8ClF3O3. The van der Waals surface area contributed by atoms with Crippen LogP contribution in [0.5, 0.6) is 0 Å². The molecule has 0 radical (unpaired) electrons. The maximum atomic E-state index is 13.5. The lowest BCUT2D eigenvalue weighted by molar-refractivity contribution is -0.246. The van der Waals surface area contributed by atoms with E-state index in [2.05, 4.69) is 0 Å². The number of aromatic carboxylic acids is 1. The summed E-state index contributed by atoms with van der Waals surface area (Å²) in [6, 6.07) is 7.34. The summed E-state index contributed by atoms with van der Waals surface area (Å²) in [5, 5.41) is 19.2. The van der Waals surface area contributed by atoms with Gasteiger partial charge in [0.15, 0.2) is 0 Å². The summed E-state index contributed by atoms with van der Waals surface area (Å²) in [4.78, 5) is 11.1. The Balaban J connectivity index is 2.45. The third kappa shape index (κ3) is 1.77. The van der Waals surface area contributed by atoms with E-state index in [1.54, 1.807) is 0 Å². The number of hydrogen-bond donors (Lipinski definition) is 2. The van der Waals surface area contributed by atoms with E-state index in [0.29, 0.717) is 0 Å². The third-order valence-corrected chi connectivity index (χ3v) is 4.02. The number of benzene rings is 2. The van der Waals surface area contributed by atoms with Crippen molar-refractivity contribution in [2.24, 2.45) is 0 Å². The number of hydrogen-bond acceptors (Lipinski definition) is 2. The van der Waals surface area contributed by atoms with Gasteiger partial charge in [0.25, 0.3) is 0 Å². The van der Waals surface area contributed by atoms with Gasteiger partial charge in [-0.1, -0.05) is 35.9 Å². The lowest BCUT2D eigenvalue weighted by Gasteiger charge is -2.28. The van der Waals surface area contributed by atoms with Gasteiger partial charge < -0.3 is 10.2 Å². The van der Waals surface area contributed by atoms with Crippen LogP contribution in [-0.4, -0.2) is 22.4 Å². The van der Waals surface area contributed by atoms with Crippen molar-refractivity contribution >= 4 is 17.6 Å². The van der Waals surface area contributed by atoms with Crippen LogP contribution in [0.15, 0.2) is 36.4 Å². The number of carboxylic acid groups (broad SMARTS) is 1. The largest absolute Gasteiger partial charge is 0.478 e. The summed E-state index contributed by atoms with van der Waals surface area (Å²) in [7, 11) is 0. The Hall–Kier alpha value is -2.05. The normalized spacial score (nSPS) is 19.7. The van der Waals surface area contributed by atoms with Gasteiger partial charge in [0.1, 0.15) is 0 Å². The molecule has 0 fully saturated rings. The molecule has 0 amide bonds. The van der Waals surface area contributed by atoms with E-state index in [-0.39, 0.29) is 21.7 Å². The second-order valence-corrected chi connectivity index (χ2v) is 5.35. The molecule has 3 rings (SSSR count). The Bertz CT molecular complexity index is 801. The molecule has 22 heavy (non-hydrogen) atoms. The maximum absolute atomic E-state index is 13.5. The van der Waals surface area contributed by atoms with Gasteiger partial charge in [0.05, 0.1) is 5.56 Å². The molecule has 1 aliphatic carbocycles. The van der Waals surface area contributed by atoms with Crippen LogP contribution < -0.4 is 0 Å². The second-order valence-electron chi connectivity index (χ2n) is 4.94. The van der Waals surface area contributed by atoms with Crippen LogP contribution in [0.25, 0.3) is 11.1 Å². The summed E-state index contributed by atoms with van der Waals surface area (Å²) < 4.78 is 40.6. The molecule has 0 saturated heterocycles. The van der Waals surface area contributed by atoms with Crippen molar-refractivity contribution < 1.29 is 28.2 Å². The van der Waals surface area contributed by atoms with Gasteiger partial charge in [0, 0.05) is 21.7 Å². The lowest BCUT2D eigenvalue weighted by atomic mass is 9.90. The fourth-order valence-electron chi connectivity index (χ4n) is 2.76. The zero-order chi connectivity index (χ0) is 16.3. The number of carboxylic acids is 1. The van der Waals surface area contributed by atoms with Crippen molar-refractivity contribution in [3.63, 3.8) is 0 Å². The van der Waals surface area contributed by atoms with Crippen molar-refractivity contribution in [1.82, 2.24) is 0 Å². The molecule has 0 saturated carbocycles. The molecule has 114 valence electrons. The van der Waals surface area contributed by atoms with E-state index < -0.39 is 28.9 Å². The lowest BCUT2D eigenvalue weighted by Crippen LogP contribution is -2.41. The number of carbonyl (C=O) groups is 1. The fourth-order valence-corrected chi connectivity index (χ4v) is 3.08. The van der Waals surface area contributed by atoms with Gasteiger partial charge >= 0.3 is 12.1 Å². The van der Waals surface area contributed by atoms with Crippen molar-refractivity contribution in [3.05, 3.63) is 58.1 Å². The molecule has 0 aromatic heterocycles. The molecule has 1 aliphatic rings. The minimum absolute atomic E-state index is 0.00194. The van der Waals surface area contributed by atoms with E-state index in [0.717, 1.165) is 18.2 Å². The minimum atomic E-state index is -5.02. The molecule has 0 aliphatic heterocycles.